The van der Waals surface area contributed by atoms with Crippen molar-refractivity contribution in [3.8, 4) is 0 Å². The van der Waals surface area contributed by atoms with Crippen molar-refractivity contribution < 1.29 is 17.6 Å². The quantitative estimate of drug-likeness (QED) is 0.432. The summed E-state index contributed by atoms with van der Waals surface area (Å²) in [6, 6.07) is 9.91. The van der Waals surface area contributed by atoms with Gasteiger partial charge < -0.3 is 19.4 Å². The summed E-state index contributed by atoms with van der Waals surface area (Å²) in [6.07, 6.45) is 1.20. The number of hydrogen-bond acceptors (Lipinski definition) is 5. The third kappa shape index (κ3) is 6.39. The van der Waals surface area contributed by atoms with E-state index in [1.54, 1.807) is 7.05 Å². The zero-order chi connectivity index (χ0) is 18.3. The largest absolute Gasteiger partial charge is 0.459 e. The van der Waals surface area contributed by atoms with Gasteiger partial charge in [-0.3, -0.25) is 4.99 Å². The number of nitrogens with zero attached hydrogens (tertiary/aromatic N) is 2. The maximum atomic E-state index is 11.0. The molecule has 0 atom stereocenters. The van der Waals surface area contributed by atoms with Crippen molar-refractivity contribution in [2.24, 2.45) is 4.99 Å². The van der Waals surface area contributed by atoms with Crippen molar-refractivity contribution in [1.29, 1.82) is 0 Å². The van der Waals surface area contributed by atoms with Crippen LogP contribution in [0.3, 0.4) is 0 Å². The zero-order valence-electron chi connectivity index (χ0n) is 14.9. The fourth-order valence-corrected chi connectivity index (χ4v) is 2.78. The normalized spacial score (nSPS) is 12.5. The highest BCUT2D eigenvalue weighted by Gasteiger charge is 2.10. The Morgan fingerprint density at radius 3 is 2.76 bits per heavy atom. The summed E-state index contributed by atoms with van der Waals surface area (Å²) in [5.41, 5.74) is 0.869. The number of fused-ring (bicyclic) bond motifs is 1. The van der Waals surface area contributed by atoms with Gasteiger partial charge in [0.05, 0.1) is 25.5 Å². The third-order valence-electron chi connectivity index (χ3n) is 3.57. The molecule has 0 fully saturated rings. The molecule has 0 spiro atoms. The topological polar surface area (TPSA) is 84.1 Å². The van der Waals surface area contributed by atoms with E-state index in [-0.39, 0.29) is 12.4 Å². The molecule has 25 heavy (non-hydrogen) atoms. The number of furan rings is 1. The minimum absolute atomic E-state index is 0.0354. The molecular weight excluding hydrogens is 342 g/mol. The van der Waals surface area contributed by atoms with Gasteiger partial charge in [-0.2, -0.15) is 0 Å². The maximum absolute atomic E-state index is 11.0. The lowest BCUT2D eigenvalue weighted by molar-refractivity contribution is 0.153. The Morgan fingerprint density at radius 1 is 1.32 bits per heavy atom. The zero-order valence-corrected chi connectivity index (χ0v) is 15.7. The minimum atomic E-state index is -2.98. The number of benzene rings is 1. The van der Waals surface area contributed by atoms with Crippen molar-refractivity contribution in [3.05, 3.63) is 36.1 Å². The summed E-state index contributed by atoms with van der Waals surface area (Å²) >= 11 is 0. The summed E-state index contributed by atoms with van der Waals surface area (Å²) in [5, 5.41) is 4.26. The van der Waals surface area contributed by atoms with E-state index >= 15 is 0 Å². The average Bonchev–Trinajstić information content (AvgIpc) is 2.95. The van der Waals surface area contributed by atoms with Crippen LogP contribution in [0.15, 0.2) is 39.7 Å². The van der Waals surface area contributed by atoms with E-state index in [9.17, 15) is 8.42 Å². The van der Waals surface area contributed by atoms with Gasteiger partial charge in [-0.1, -0.05) is 18.2 Å². The Kier molecular flexibility index (Phi) is 6.83. The number of ether oxygens (including phenoxy) is 1. The molecule has 0 bridgehead atoms. The number of sulfone groups is 1. The van der Waals surface area contributed by atoms with Crippen molar-refractivity contribution in [1.82, 2.24) is 10.2 Å². The minimum Gasteiger partial charge on any atom is -0.459 e. The molecule has 2 rings (SSSR count). The van der Waals surface area contributed by atoms with Gasteiger partial charge in [0.15, 0.2) is 5.96 Å². The first-order chi connectivity index (χ1) is 11.9. The molecule has 0 saturated carbocycles. The monoisotopic (exact) mass is 367 g/mol. The summed E-state index contributed by atoms with van der Waals surface area (Å²) in [7, 11) is 0.655. The maximum Gasteiger partial charge on any atom is 0.193 e. The van der Waals surface area contributed by atoms with E-state index in [1.165, 1.54) is 6.26 Å². The van der Waals surface area contributed by atoms with Crippen LogP contribution in [0.1, 0.15) is 5.76 Å². The highest BCUT2D eigenvalue weighted by molar-refractivity contribution is 7.90. The van der Waals surface area contributed by atoms with Gasteiger partial charge in [0.25, 0.3) is 0 Å². The Hall–Kier alpha value is -2.06. The van der Waals surface area contributed by atoms with Crippen molar-refractivity contribution in [2.75, 3.05) is 45.9 Å². The highest BCUT2D eigenvalue weighted by atomic mass is 32.2. The van der Waals surface area contributed by atoms with E-state index in [2.05, 4.69) is 10.3 Å². The number of rotatable bonds is 8. The Labute approximate surface area is 148 Å². The fraction of sp³-hybridized carbons (Fsp3) is 0.471. The summed E-state index contributed by atoms with van der Waals surface area (Å²) < 4.78 is 33.2. The smallest absolute Gasteiger partial charge is 0.193 e. The molecule has 1 N–H and O–H groups in total. The summed E-state index contributed by atoms with van der Waals surface area (Å²) in [4.78, 5) is 6.19. The molecule has 8 heteroatoms. The highest BCUT2D eigenvalue weighted by Crippen LogP contribution is 2.19. The van der Waals surface area contributed by atoms with Crippen LogP contribution in [0, 0.1) is 0 Å². The first-order valence-corrected chi connectivity index (χ1v) is 10.1. The lowest BCUT2D eigenvalue weighted by atomic mass is 10.2. The molecule has 0 saturated heterocycles. The molecule has 7 nitrogen and oxygen atoms in total. The predicted octanol–water partition coefficient (Wildman–Crippen LogP) is 1.50. The van der Waals surface area contributed by atoms with Gasteiger partial charge in [-0.05, 0) is 12.1 Å². The first kappa shape index (κ1) is 19.3. The van der Waals surface area contributed by atoms with Gasteiger partial charge in [-0.15, -0.1) is 0 Å². The number of nitrogens with one attached hydrogen (secondary N) is 1. The molecule has 0 amide bonds. The molecule has 0 aliphatic rings. The Morgan fingerprint density at radius 2 is 2.08 bits per heavy atom. The molecule has 2 aromatic rings. The molecule has 0 aliphatic heterocycles. The second-order valence-electron chi connectivity index (χ2n) is 5.82. The standard InChI is InChI=1S/C17H25N3O4S/c1-18-17(19-8-9-23-10-11-25(3,21)22)20(2)13-15-12-14-6-4-5-7-16(14)24-15/h4-7,12H,8-11,13H2,1-3H3,(H,18,19). The molecule has 0 radical (unpaired) electrons. The van der Waals surface area contributed by atoms with Crippen molar-refractivity contribution >= 4 is 26.8 Å². The first-order valence-electron chi connectivity index (χ1n) is 8.04. The second-order valence-corrected chi connectivity index (χ2v) is 8.08. The van der Waals surface area contributed by atoms with E-state index in [1.807, 2.05) is 42.3 Å². The van der Waals surface area contributed by atoms with Gasteiger partial charge in [0, 0.05) is 32.3 Å². The number of aliphatic imine (C=N–C) groups is 1. The van der Waals surface area contributed by atoms with Gasteiger partial charge in [0.2, 0.25) is 0 Å². The molecule has 138 valence electrons. The fourth-order valence-electron chi connectivity index (χ4n) is 2.36. The molecular formula is C17H25N3O4S. The number of guanidine groups is 1. The second kappa shape index (κ2) is 8.87. The lowest BCUT2D eigenvalue weighted by Crippen LogP contribution is -2.40. The van der Waals surface area contributed by atoms with E-state index in [0.717, 1.165) is 16.7 Å². The molecule has 0 unspecified atom stereocenters. The van der Waals surface area contributed by atoms with Gasteiger partial charge in [-0.25, -0.2) is 8.42 Å². The van der Waals surface area contributed by atoms with Crippen molar-refractivity contribution in [2.45, 2.75) is 6.54 Å². The third-order valence-corrected chi connectivity index (χ3v) is 4.48. The summed E-state index contributed by atoms with van der Waals surface area (Å²) in [6.45, 7) is 1.74. The molecule has 1 aromatic heterocycles. The lowest BCUT2D eigenvalue weighted by Gasteiger charge is -2.21. The summed E-state index contributed by atoms with van der Waals surface area (Å²) in [5.74, 6) is 1.61. The van der Waals surface area contributed by atoms with Crippen molar-refractivity contribution in [3.63, 3.8) is 0 Å². The van der Waals surface area contributed by atoms with Gasteiger partial charge >= 0.3 is 0 Å². The predicted molar refractivity (Wildman–Crippen MR) is 99.6 cm³/mol. The van der Waals surface area contributed by atoms with Crippen LogP contribution in [-0.4, -0.2) is 65.1 Å². The van der Waals surface area contributed by atoms with Crippen LogP contribution in [0.2, 0.25) is 0 Å². The molecule has 1 aromatic carbocycles. The number of hydrogen-bond donors (Lipinski definition) is 1. The van der Waals surface area contributed by atoms with Crippen LogP contribution in [0.25, 0.3) is 11.0 Å². The van der Waals surface area contributed by atoms with Gasteiger partial charge in [0.1, 0.15) is 21.2 Å². The Bertz CT molecular complexity index is 781. The Balaban J connectivity index is 1.77. The van der Waals surface area contributed by atoms with Crippen LogP contribution < -0.4 is 5.32 Å². The SMILES string of the molecule is CN=C(NCCOCCS(C)(=O)=O)N(C)Cc1cc2ccccc2o1. The van der Waals surface area contributed by atoms with Crippen LogP contribution in [0.5, 0.6) is 0 Å². The molecule has 1 heterocycles. The van der Waals surface area contributed by atoms with Crippen LogP contribution in [-0.2, 0) is 21.1 Å². The van der Waals surface area contributed by atoms with Crippen LogP contribution >= 0.6 is 0 Å². The molecule has 0 aliphatic carbocycles. The van der Waals surface area contributed by atoms with E-state index in [4.69, 9.17) is 9.15 Å². The number of para-hydroxylation sites is 1. The van der Waals surface area contributed by atoms with E-state index in [0.29, 0.717) is 25.7 Å². The van der Waals surface area contributed by atoms with Crippen LogP contribution in [0.4, 0.5) is 0 Å². The average molecular weight is 367 g/mol. The van der Waals surface area contributed by atoms with E-state index < -0.39 is 9.84 Å².